The Morgan fingerprint density at radius 2 is 1.39 bits per heavy atom. The smallest absolute Gasteiger partial charge is 0.234 e. The minimum absolute atomic E-state index is 0.656. The highest BCUT2D eigenvalue weighted by atomic mass is 16.1. The monoisotopic (exact) mass is 412 g/mol. The molecule has 0 amide bonds. The molecule has 160 valence electrons. The molecule has 0 unspecified atom stereocenters. The first kappa shape index (κ1) is 24.0. The van der Waals surface area contributed by atoms with Gasteiger partial charge in [0, 0.05) is 28.2 Å². The number of nitrogens with zero attached hydrogens (tertiary/aromatic N) is 2. The van der Waals surface area contributed by atoms with Crippen LogP contribution in [-0.2, 0) is 11.3 Å². The highest BCUT2D eigenvalue weighted by Crippen LogP contribution is 2.28. The van der Waals surface area contributed by atoms with Crippen LogP contribution in [0.1, 0.15) is 58.8 Å². The van der Waals surface area contributed by atoms with E-state index in [4.69, 9.17) is 0 Å². The average Bonchev–Trinajstić information content (AvgIpc) is 3.13. The molecule has 0 N–H and O–H groups in total. The van der Waals surface area contributed by atoms with E-state index in [1.807, 2.05) is 0 Å². The Balaban J connectivity index is 0.000000323. The van der Waals surface area contributed by atoms with E-state index in [1.165, 1.54) is 53.6 Å². The first-order valence-corrected chi connectivity index (χ1v) is 11.3. The first-order valence-electron chi connectivity index (χ1n) is 11.3. The molecule has 0 aliphatic heterocycles. The van der Waals surface area contributed by atoms with Crippen LogP contribution in [0, 0.1) is 23.7 Å². The maximum Gasteiger partial charge on any atom is 0.234 e. The molecule has 0 bridgehead atoms. The van der Waals surface area contributed by atoms with E-state index >= 15 is 0 Å². The van der Waals surface area contributed by atoms with Gasteiger partial charge in [0.2, 0.25) is 6.08 Å². The van der Waals surface area contributed by atoms with E-state index in [0.29, 0.717) is 13.1 Å². The lowest BCUT2D eigenvalue weighted by Crippen LogP contribution is -1.94. The van der Waals surface area contributed by atoms with Crippen LogP contribution < -0.4 is 0 Å². The number of hydrogen-bond acceptors (Lipinski definition) is 2. The third kappa shape index (κ3) is 7.82. The maximum absolute atomic E-state index is 9.55. The number of aromatic nitrogens is 1. The normalized spacial score (nSPS) is 9.61. The molecular formula is C28H32N2O. The van der Waals surface area contributed by atoms with E-state index in [2.05, 4.69) is 95.6 Å². The number of aliphatic imine (C=N–C) groups is 1. The summed E-state index contributed by atoms with van der Waals surface area (Å²) in [6.45, 7) is 5.67. The van der Waals surface area contributed by atoms with Crippen molar-refractivity contribution in [3.63, 3.8) is 0 Å². The molecule has 0 spiro atoms. The second-order valence-corrected chi connectivity index (χ2v) is 7.36. The van der Waals surface area contributed by atoms with Crippen molar-refractivity contribution in [1.29, 1.82) is 0 Å². The van der Waals surface area contributed by atoms with Crippen LogP contribution in [-0.4, -0.2) is 17.2 Å². The van der Waals surface area contributed by atoms with Gasteiger partial charge in [-0.1, -0.05) is 87.8 Å². The van der Waals surface area contributed by atoms with Gasteiger partial charge in [-0.2, -0.15) is 0 Å². The molecule has 0 atom stereocenters. The van der Waals surface area contributed by atoms with E-state index < -0.39 is 0 Å². The van der Waals surface area contributed by atoms with Gasteiger partial charge >= 0.3 is 0 Å². The number of carbonyl (C=O) groups excluding carboxylic acids is 1. The molecule has 0 aliphatic carbocycles. The van der Waals surface area contributed by atoms with Crippen molar-refractivity contribution in [3.8, 4) is 23.7 Å². The molecule has 0 radical (unpaired) electrons. The SMILES string of the molecule is CCCCC#CC#CCn1c2ccccc2c2ccccc21.CCCCCCN=C=O. The Morgan fingerprint density at radius 1 is 0.774 bits per heavy atom. The van der Waals surface area contributed by atoms with Gasteiger partial charge in [0.05, 0.1) is 13.1 Å². The standard InChI is InChI=1S/C21H19N.C7H13NO/c1-2-3-4-5-6-7-12-17-22-20-15-10-8-13-18(20)19-14-9-11-16-21(19)22;1-2-3-4-5-6-8-7-9/h8-11,13-16H,2-4,17H2,1H3;2-6H2,1H3. The zero-order valence-electron chi connectivity index (χ0n) is 18.8. The van der Waals surface area contributed by atoms with Gasteiger partial charge in [-0.25, -0.2) is 9.79 Å². The molecule has 3 aromatic rings. The Morgan fingerprint density at radius 3 is 2.00 bits per heavy atom. The number of benzene rings is 2. The van der Waals surface area contributed by atoms with Crippen LogP contribution >= 0.6 is 0 Å². The van der Waals surface area contributed by atoms with Crippen LogP contribution in [0.3, 0.4) is 0 Å². The molecule has 2 aromatic carbocycles. The molecule has 0 fully saturated rings. The molecule has 3 heteroatoms. The van der Waals surface area contributed by atoms with Gasteiger partial charge in [0.25, 0.3) is 0 Å². The van der Waals surface area contributed by atoms with E-state index in [0.717, 1.165) is 19.3 Å². The van der Waals surface area contributed by atoms with Gasteiger partial charge in [-0.15, -0.1) is 0 Å². The summed E-state index contributed by atoms with van der Waals surface area (Å²) in [5.41, 5.74) is 2.47. The fourth-order valence-corrected chi connectivity index (χ4v) is 3.37. The van der Waals surface area contributed by atoms with Crippen LogP contribution in [0.2, 0.25) is 0 Å². The Labute approximate surface area is 186 Å². The Bertz CT molecular complexity index is 1060. The summed E-state index contributed by atoms with van der Waals surface area (Å²) in [6, 6.07) is 17.0. The zero-order valence-corrected chi connectivity index (χ0v) is 18.8. The van der Waals surface area contributed by atoms with Crippen molar-refractivity contribution in [2.45, 2.75) is 65.3 Å². The predicted molar refractivity (Wildman–Crippen MR) is 132 cm³/mol. The zero-order chi connectivity index (χ0) is 22.2. The van der Waals surface area contributed by atoms with Crippen LogP contribution in [0.15, 0.2) is 53.5 Å². The van der Waals surface area contributed by atoms with Gasteiger partial charge in [0.1, 0.15) is 0 Å². The van der Waals surface area contributed by atoms with E-state index in [1.54, 1.807) is 0 Å². The summed E-state index contributed by atoms with van der Waals surface area (Å²) in [6.07, 6.45) is 9.49. The third-order valence-corrected chi connectivity index (χ3v) is 5.00. The number of fused-ring (bicyclic) bond motifs is 3. The molecule has 0 saturated carbocycles. The van der Waals surface area contributed by atoms with Crippen LogP contribution in [0.5, 0.6) is 0 Å². The first-order chi connectivity index (χ1) is 15.3. The second-order valence-electron chi connectivity index (χ2n) is 7.36. The Kier molecular flexibility index (Phi) is 11.4. The van der Waals surface area contributed by atoms with E-state index in [9.17, 15) is 4.79 Å². The average molecular weight is 413 g/mol. The lowest BCUT2D eigenvalue weighted by atomic mass is 10.2. The third-order valence-electron chi connectivity index (χ3n) is 5.00. The summed E-state index contributed by atoms with van der Waals surface area (Å²) in [5.74, 6) is 12.2. The summed E-state index contributed by atoms with van der Waals surface area (Å²) in [5, 5.41) is 2.57. The molecule has 31 heavy (non-hydrogen) atoms. The number of isocyanates is 1. The Hall–Kier alpha value is -3.26. The minimum Gasteiger partial charge on any atom is -0.329 e. The van der Waals surface area contributed by atoms with Crippen LogP contribution in [0.25, 0.3) is 21.8 Å². The van der Waals surface area contributed by atoms with Gasteiger partial charge in [-0.05, 0) is 36.8 Å². The van der Waals surface area contributed by atoms with Gasteiger partial charge in [0.15, 0.2) is 0 Å². The molecule has 3 rings (SSSR count). The molecule has 0 saturated heterocycles. The van der Waals surface area contributed by atoms with Crippen molar-refractivity contribution in [2.24, 2.45) is 4.99 Å². The topological polar surface area (TPSA) is 34.4 Å². The second kappa shape index (κ2) is 14.7. The maximum atomic E-state index is 9.55. The lowest BCUT2D eigenvalue weighted by Gasteiger charge is -2.01. The summed E-state index contributed by atoms with van der Waals surface area (Å²) < 4.78 is 2.27. The van der Waals surface area contributed by atoms with Crippen molar-refractivity contribution in [1.82, 2.24) is 4.57 Å². The largest absolute Gasteiger partial charge is 0.329 e. The highest BCUT2D eigenvalue weighted by molar-refractivity contribution is 6.08. The summed E-state index contributed by atoms with van der Waals surface area (Å²) >= 11 is 0. The number of hydrogen-bond donors (Lipinski definition) is 0. The number of para-hydroxylation sites is 2. The molecular weight excluding hydrogens is 380 g/mol. The summed E-state index contributed by atoms with van der Waals surface area (Å²) in [7, 11) is 0. The highest BCUT2D eigenvalue weighted by Gasteiger charge is 2.07. The van der Waals surface area contributed by atoms with E-state index in [-0.39, 0.29) is 0 Å². The van der Waals surface area contributed by atoms with Gasteiger partial charge in [-0.3, -0.25) is 0 Å². The number of unbranched alkanes of at least 4 members (excludes halogenated alkanes) is 5. The van der Waals surface area contributed by atoms with Crippen molar-refractivity contribution in [3.05, 3.63) is 48.5 Å². The lowest BCUT2D eigenvalue weighted by molar-refractivity contribution is 0.561. The summed E-state index contributed by atoms with van der Waals surface area (Å²) in [4.78, 5) is 13.0. The fraction of sp³-hybridized carbons (Fsp3) is 0.393. The quantitative estimate of drug-likeness (QED) is 0.172. The van der Waals surface area contributed by atoms with Gasteiger partial charge < -0.3 is 4.57 Å². The van der Waals surface area contributed by atoms with Crippen molar-refractivity contribution < 1.29 is 4.79 Å². The van der Waals surface area contributed by atoms with Crippen molar-refractivity contribution >= 4 is 27.9 Å². The fourth-order valence-electron chi connectivity index (χ4n) is 3.37. The molecule has 0 aliphatic rings. The number of rotatable bonds is 8. The van der Waals surface area contributed by atoms with Crippen LogP contribution in [0.4, 0.5) is 0 Å². The molecule has 1 aromatic heterocycles. The predicted octanol–water partition coefficient (Wildman–Crippen LogP) is 6.89. The molecule has 1 heterocycles. The van der Waals surface area contributed by atoms with Crippen molar-refractivity contribution in [2.75, 3.05) is 6.54 Å². The molecule has 3 nitrogen and oxygen atoms in total. The minimum atomic E-state index is 0.656.